The lowest BCUT2D eigenvalue weighted by atomic mass is 9.87. The molecule has 0 radical (unpaired) electrons. The predicted octanol–water partition coefficient (Wildman–Crippen LogP) is -1.82. The molecule has 13 nitrogen and oxygen atoms in total. The van der Waals surface area contributed by atoms with Crippen LogP contribution < -0.4 is 4.72 Å². The van der Waals surface area contributed by atoms with Crippen LogP contribution in [0.1, 0.15) is 13.8 Å². The second kappa shape index (κ2) is 7.44. The molecule has 0 amide bonds. The lowest BCUT2D eigenvalue weighted by Gasteiger charge is -2.43. The van der Waals surface area contributed by atoms with E-state index in [4.69, 9.17) is 18.4 Å². The van der Waals surface area contributed by atoms with E-state index in [-0.39, 0.29) is 0 Å². The third-order valence-corrected chi connectivity index (χ3v) is 4.72. The number of hydrogen-bond donors (Lipinski definition) is 4. The highest BCUT2D eigenvalue weighted by Crippen LogP contribution is 2.30. The minimum absolute atomic E-state index is 0.728. The van der Waals surface area contributed by atoms with E-state index in [1.165, 1.54) is 13.8 Å². The molecule has 1 fully saturated rings. The van der Waals surface area contributed by atoms with Crippen LogP contribution in [0.15, 0.2) is 0 Å². The Balaban J connectivity index is 3.08. The Morgan fingerprint density at radius 1 is 1.00 bits per heavy atom. The summed E-state index contributed by atoms with van der Waals surface area (Å²) in [6.45, 7) is 1.84. The number of rotatable bonds is 7. The van der Waals surface area contributed by atoms with E-state index in [9.17, 15) is 25.3 Å². The Bertz CT molecular complexity index is 743. The second-order valence-electron chi connectivity index (χ2n) is 5.06. The lowest BCUT2D eigenvalue weighted by Crippen LogP contribution is -2.61. The molecule has 0 aliphatic carbocycles. The van der Waals surface area contributed by atoms with Crippen LogP contribution >= 0.6 is 0 Å². The van der Waals surface area contributed by atoms with Gasteiger partial charge >= 0.3 is 31.1 Å². The first-order chi connectivity index (χ1) is 10.6. The van der Waals surface area contributed by atoms with Crippen LogP contribution in [0.2, 0.25) is 0 Å². The van der Waals surface area contributed by atoms with Crippen molar-refractivity contribution in [1.82, 2.24) is 4.72 Å². The van der Waals surface area contributed by atoms with Gasteiger partial charge in [0.15, 0.2) is 0 Å². The molecular formula is C8H17NO12S3. The first-order valence-corrected chi connectivity index (χ1v) is 10.4. The molecule has 4 N–H and O–H groups in total. The number of nitrogens with one attached hydrogen (secondary N) is 1. The van der Waals surface area contributed by atoms with Crippen molar-refractivity contribution >= 4 is 31.1 Å². The summed E-state index contributed by atoms with van der Waals surface area (Å²) in [7, 11) is -14.6. The van der Waals surface area contributed by atoms with Gasteiger partial charge in [0.05, 0.1) is 24.9 Å². The van der Waals surface area contributed by atoms with Crippen LogP contribution in [0, 0.1) is 5.92 Å². The highest BCUT2D eigenvalue weighted by molar-refractivity contribution is 7.83. The molecule has 0 aromatic rings. The summed E-state index contributed by atoms with van der Waals surface area (Å²) in [5.41, 5.74) is 0. The van der Waals surface area contributed by atoms with Gasteiger partial charge in [-0.05, 0) is 6.92 Å². The van der Waals surface area contributed by atoms with Gasteiger partial charge in [0.25, 0.3) is 0 Å². The molecule has 2 unspecified atom stereocenters. The molecule has 0 spiro atoms. The Morgan fingerprint density at radius 2 is 1.54 bits per heavy atom. The molecular weight excluding hydrogens is 398 g/mol. The zero-order chi connectivity index (χ0) is 18.9. The molecule has 1 aliphatic heterocycles. The Hall–Kier alpha value is -0.430. The standard InChI is InChI=1S/C8H17NO12S3/c1-4-6(3-19-23(13,14)15)20-5(2)7(9-22(10,11)12)8(4)21-24(16,17)18/h4-9H,3H2,1-2H3,(H,10,11,12)(H,13,14,15)(H,16,17,18)/t4-,5-,6?,7?,8-/m1/s1. The quantitative estimate of drug-likeness (QED) is 0.339. The summed E-state index contributed by atoms with van der Waals surface area (Å²) >= 11 is 0. The average molecular weight is 415 g/mol. The van der Waals surface area contributed by atoms with E-state index in [0.717, 1.165) is 0 Å². The van der Waals surface area contributed by atoms with Crippen LogP contribution in [0.3, 0.4) is 0 Å². The maximum Gasteiger partial charge on any atom is 0.397 e. The van der Waals surface area contributed by atoms with Crippen LogP contribution in [-0.4, -0.2) is 69.9 Å². The topological polar surface area (TPSA) is 203 Å². The Labute approximate surface area is 139 Å². The minimum atomic E-state index is -5.02. The van der Waals surface area contributed by atoms with Gasteiger partial charge in [0.2, 0.25) is 0 Å². The molecule has 5 atom stereocenters. The number of ether oxygens (including phenoxy) is 1. The summed E-state index contributed by atoms with van der Waals surface area (Å²) in [6.07, 6.45) is -3.83. The van der Waals surface area contributed by atoms with Crippen molar-refractivity contribution < 1.29 is 52.0 Å². The fourth-order valence-electron chi connectivity index (χ4n) is 2.26. The molecule has 24 heavy (non-hydrogen) atoms. The molecule has 16 heteroatoms. The monoisotopic (exact) mass is 415 g/mol. The van der Waals surface area contributed by atoms with E-state index in [1.54, 1.807) is 4.72 Å². The van der Waals surface area contributed by atoms with Gasteiger partial charge in [-0.1, -0.05) is 6.92 Å². The lowest BCUT2D eigenvalue weighted by molar-refractivity contribution is -0.143. The van der Waals surface area contributed by atoms with Crippen molar-refractivity contribution in [2.75, 3.05) is 6.61 Å². The predicted molar refractivity (Wildman–Crippen MR) is 75.9 cm³/mol. The molecule has 1 rings (SSSR count). The molecule has 0 aromatic heterocycles. The summed E-state index contributed by atoms with van der Waals surface area (Å²) in [6, 6.07) is -1.43. The molecule has 0 bridgehead atoms. The summed E-state index contributed by atoms with van der Waals surface area (Å²) in [4.78, 5) is 0. The molecule has 1 aliphatic rings. The molecule has 1 saturated heterocycles. The van der Waals surface area contributed by atoms with E-state index < -0.39 is 68.0 Å². The average Bonchev–Trinajstić information content (AvgIpc) is 2.32. The zero-order valence-electron chi connectivity index (χ0n) is 12.3. The van der Waals surface area contributed by atoms with Gasteiger partial charge in [-0.3, -0.25) is 13.7 Å². The van der Waals surface area contributed by atoms with E-state index in [1.807, 2.05) is 0 Å². The minimum Gasteiger partial charge on any atom is -0.371 e. The number of hydrogen-bond acceptors (Lipinski definition) is 9. The molecule has 144 valence electrons. The van der Waals surface area contributed by atoms with Gasteiger partial charge in [0.1, 0.15) is 6.10 Å². The van der Waals surface area contributed by atoms with Crippen molar-refractivity contribution in [3.8, 4) is 0 Å². The van der Waals surface area contributed by atoms with Gasteiger partial charge in [-0.15, -0.1) is 0 Å². The molecule has 1 heterocycles. The van der Waals surface area contributed by atoms with Crippen molar-refractivity contribution in [2.45, 2.75) is 38.2 Å². The molecule has 0 saturated carbocycles. The Kier molecular flexibility index (Phi) is 6.70. The normalized spacial score (nSPS) is 32.6. The van der Waals surface area contributed by atoms with Gasteiger partial charge < -0.3 is 4.74 Å². The van der Waals surface area contributed by atoms with E-state index in [0.29, 0.717) is 0 Å². The maximum absolute atomic E-state index is 11.0. The largest absolute Gasteiger partial charge is 0.397 e. The SMILES string of the molecule is C[C@@H]1C(COS(=O)(=O)O)O[C@H](C)C(NS(=O)(=O)O)[C@@H]1OS(=O)(=O)O. The summed E-state index contributed by atoms with van der Waals surface area (Å²) in [5, 5.41) is 0. The van der Waals surface area contributed by atoms with Crippen molar-refractivity contribution in [3.05, 3.63) is 0 Å². The Morgan fingerprint density at radius 3 is 1.96 bits per heavy atom. The fourth-order valence-corrected chi connectivity index (χ4v) is 3.81. The van der Waals surface area contributed by atoms with Crippen LogP contribution in [0.25, 0.3) is 0 Å². The zero-order valence-corrected chi connectivity index (χ0v) is 14.8. The third-order valence-electron chi connectivity index (χ3n) is 3.25. The van der Waals surface area contributed by atoms with Gasteiger partial charge in [-0.25, -0.2) is 8.37 Å². The highest BCUT2D eigenvalue weighted by atomic mass is 32.3. The third kappa shape index (κ3) is 7.21. The molecule has 0 aromatic carbocycles. The van der Waals surface area contributed by atoms with Gasteiger partial charge in [-0.2, -0.15) is 30.0 Å². The summed E-state index contributed by atoms with van der Waals surface area (Å²) < 4.78 is 107. The van der Waals surface area contributed by atoms with Crippen LogP contribution in [0.4, 0.5) is 0 Å². The van der Waals surface area contributed by atoms with Crippen molar-refractivity contribution in [2.24, 2.45) is 5.92 Å². The summed E-state index contributed by atoms with van der Waals surface area (Å²) in [5.74, 6) is -1.04. The first-order valence-electron chi connectivity index (χ1n) is 6.27. The smallest absolute Gasteiger partial charge is 0.371 e. The van der Waals surface area contributed by atoms with E-state index >= 15 is 0 Å². The van der Waals surface area contributed by atoms with Crippen molar-refractivity contribution in [3.63, 3.8) is 0 Å². The maximum atomic E-state index is 11.0. The first kappa shape index (κ1) is 21.6. The van der Waals surface area contributed by atoms with Crippen LogP contribution in [-0.2, 0) is 44.2 Å². The highest BCUT2D eigenvalue weighted by Gasteiger charge is 2.46. The fraction of sp³-hybridized carbons (Fsp3) is 1.00. The van der Waals surface area contributed by atoms with E-state index in [2.05, 4.69) is 8.37 Å². The second-order valence-corrected chi connectivity index (χ2v) is 8.38. The van der Waals surface area contributed by atoms with Gasteiger partial charge in [0, 0.05) is 5.92 Å². The van der Waals surface area contributed by atoms with Crippen LogP contribution in [0.5, 0.6) is 0 Å². The van der Waals surface area contributed by atoms with Crippen molar-refractivity contribution in [1.29, 1.82) is 0 Å².